The van der Waals surface area contributed by atoms with Crippen molar-refractivity contribution in [2.75, 3.05) is 6.54 Å². The maximum Gasteiger partial charge on any atom is 0.345 e. The highest BCUT2D eigenvalue weighted by molar-refractivity contribution is 5.96. The van der Waals surface area contributed by atoms with E-state index in [1.807, 2.05) is 13.8 Å². The van der Waals surface area contributed by atoms with Gasteiger partial charge in [0.2, 0.25) is 5.91 Å². The number of amides is 2. The van der Waals surface area contributed by atoms with Gasteiger partial charge in [-0.3, -0.25) is 9.59 Å². The van der Waals surface area contributed by atoms with Gasteiger partial charge in [0, 0.05) is 12.2 Å². The first kappa shape index (κ1) is 16.2. The zero-order chi connectivity index (χ0) is 16.1. The molecule has 2 amide bonds. The fourth-order valence-corrected chi connectivity index (χ4v) is 2.48. The van der Waals surface area contributed by atoms with Crippen molar-refractivity contribution in [3.05, 3.63) is 27.9 Å². The van der Waals surface area contributed by atoms with Crippen LogP contribution in [0.2, 0.25) is 0 Å². The molecule has 22 heavy (non-hydrogen) atoms. The average Bonchev–Trinajstić information content (AvgIpc) is 2.62. The Hall–Kier alpha value is -2.18. The number of aromatic amines is 1. The fourth-order valence-electron chi connectivity index (χ4n) is 2.48. The van der Waals surface area contributed by atoms with E-state index in [-0.39, 0.29) is 11.6 Å². The Labute approximate surface area is 128 Å². The first-order valence-corrected chi connectivity index (χ1v) is 7.64. The zero-order valence-electron chi connectivity index (χ0n) is 12.9. The van der Waals surface area contributed by atoms with Crippen LogP contribution in [-0.2, 0) is 11.2 Å². The highest BCUT2D eigenvalue weighted by Gasteiger charge is 2.23. The summed E-state index contributed by atoms with van der Waals surface area (Å²) in [5.41, 5.74) is 0.176. The van der Waals surface area contributed by atoms with Gasteiger partial charge < -0.3 is 15.6 Å². The quantitative estimate of drug-likeness (QED) is 0.747. The molecule has 120 valence electrons. The van der Waals surface area contributed by atoms with E-state index < -0.39 is 17.6 Å². The molecule has 7 nitrogen and oxygen atoms in total. The first-order chi connectivity index (χ1) is 10.5. The van der Waals surface area contributed by atoms with Gasteiger partial charge in [0.15, 0.2) is 0 Å². The lowest BCUT2D eigenvalue weighted by atomic mass is 10.1. The van der Waals surface area contributed by atoms with E-state index in [4.69, 9.17) is 0 Å². The fraction of sp³-hybridized carbons (Fsp3) is 0.600. The molecule has 0 bridgehead atoms. The lowest BCUT2D eigenvalue weighted by Crippen LogP contribution is -2.46. The number of hydrogen-bond acceptors (Lipinski definition) is 4. The number of rotatable bonds is 4. The van der Waals surface area contributed by atoms with Crippen molar-refractivity contribution in [2.24, 2.45) is 5.92 Å². The molecular weight excluding hydrogens is 284 g/mol. The largest absolute Gasteiger partial charge is 0.354 e. The molecule has 1 aliphatic heterocycles. The number of H-pyrrole nitrogens is 1. The Morgan fingerprint density at radius 1 is 1.41 bits per heavy atom. The van der Waals surface area contributed by atoms with Crippen molar-refractivity contribution in [1.82, 2.24) is 20.6 Å². The third-order valence-electron chi connectivity index (χ3n) is 3.50. The van der Waals surface area contributed by atoms with E-state index in [9.17, 15) is 14.4 Å². The summed E-state index contributed by atoms with van der Waals surface area (Å²) >= 11 is 0. The van der Waals surface area contributed by atoms with E-state index in [1.165, 1.54) is 0 Å². The maximum absolute atomic E-state index is 12.3. The Balaban J connectivity index is 2.13. The standard InChI is InChI=1S/C15H22N4O3/c1-9(2)7-10-8-12(19-15(22)17-10)14(21)18-11-5-3-4-6-16-13(11)20/h8-9,11H,3-7H2,1-2H3,(H,16,20)(H,18,21)(H,17,19,22). The van der Waals surface area contributed by atoms with Crippen molar-refractivity contribution in [3.63, 3.8) is 0 Å². The van der Waals surface area contributed by atoms with Crippen molar-refractivity contribution < 1.29 is 9.59 Å². The van der Waals surface area contributed by atoms with Crippen LogP contribution in [0.4, 0.5) is 0 Å². The van der Waals surface area contributed by atoms with Crippen LogP contribution in [0.25, 0.3) is 0 Å². The van der Waals surface area contributed by atoms with Gasteiger partial charge in [0.25, 0.3) is 5.91 Å². The van der Waals surface area contributed by atoms with Crippen molar-refractivity contribution in [1.29, 1.82) is 0 Å². The molecule has 0 spiro atoms. The van der Waals surface area contributed by atoms with Gasteiger partial charge in [-0.1, -0.05) is 13.8 Å². The average molecular weight is 306 g/mol. The second-order valence-electron chi connectivity index (χ2n) is 6.01. The minimum atomic E-state index is -0.565. The second kappa shape index (κ2) is 7.20. The molecule has 1 fully saturated rings. The molecule has 0 saturated carbocycles. The minimum Gasteiger partial charge on any atom is -0.354 e. The van der Waals surface area contributed by atoms with E-state index in [0.29, 0.717) is 31.0 Å². The molecule has 1 unspecified atom stereocenters. The van der Waals surface area contributed by atoms with Gasteiger partial charge in [-0.2, -0.15) is 4.98 Å². The molecular formula is C15H22N4O3. The van der Waals surface area contributed by atoms with Crippen LogP contribution in [0.1, 0.15) is 49.3 Å². The number of aromatic nitrogens is 2. The van der Waals surface area contributed by atoms with Crippen LogP contribution in [0.3, 0.4) is 0 Å². The molecule has 0 aliphatic carbocycles. The number of carbonyl (C=O) groups excluding carboxylic acids is 2. The van der Waals surface area contributed by atoms with Gasteiger partial charge >= 0.3 is 5.69 Å². The van der Waals surface area contributed by atoms with E-state index in [1.54, 1.807) is 6.07 Å². The lowest BCUT2D eigenvalue weighted by molar-refractivity contribution is -0.122. The summed E-state index contributed by atoms with van der Waals surface area (Å²) in [6.45, 7) is 4.68. The number of nitrogens with zero attached hydrogens (tertiary/aromatic N) is 1. The number of nitrogens with one attached hydrogen (secondary N) is 3. The summed E-state index contributed by atoms with van der Waals surface area (Å²) in [4.78, 5) is 42.0. The molecule has 1 atom stereocenters. The minimum absolute atomic E-state index is 0.0523. The van der Waals surface area contributed by atoms with Crippen molar-refractivity contribution >= 4 is 11.8 Å². The number of carbonyl (C=O) groups is 2. The Morgan fingerprint density at radius 2 is 2.18 bits per heavy atom. The molecule has 1 saturated heterocycles. The van der Waals surface area contributed by atoms with Crippen LogP contribution < -0.4 is 16.3 Å². The molecule has 1 aromatic heterocycles. The summed E-state index contributed by atoms with van der Waals surface area (Å²) < 4.78 is 0. The second-order valence-corrected chi connectivity index (χ2v) is 6.01. The Bertz CT molecular complexity index is 609. The van der Waals surface area contributed by atoms with Gasteiger partial charge in [-0.25, -0.2) is 4.79 Å². The molecule has 1 aromatic rings. The molecule has 3 N–H and O–H groups in total. The van der Waals surface area contributed by atoms with Crippen LogP contribution in [0.5, 0.6) is 0 Å². The summed E-state index contributed by atoms with van der Waals surface area (Å²) in [6, 6.07) is 1.01. The highest BCUT2D eigenvalue weighted by atomic mass is 16.2. The normalized spacial score (nSPS) is 18.7. The van der Waals surface area contributed by atoms with E-state index >= 15 is 0 Å². The van der Waals surface area contributed by atoms with Gasteiger partial charge in [-0.05, 0) is 37.7 Å². The zero-order valence-corrected chi connectivity index (χ0v) is 12.9. The molecule has 1 aliphatic rings. The summed E-state index contributed by atoms with van der Waals surface area (Å²) in [7, 11) is 0. The molecule has 0 aromatic carbocycles. The topological polar surface area (TPSA) is 104 Å². The van der Waals surface area contributed by atoms with Crippen LogP contribution in [0.15, 0.2) is 10.9 Å². The van der Waals surface area contributed by atoms with Crippen molar-refractivity contribution in [2.45, 2.75) is 45.6 Å². The molecule has 7 heteroatoms. The van der Waals surface area contributed by atoms with Gasteiger partial charge in [0.1, 0.15) is 11.7 Å². The third kappa shape index (κ3) is 4.41. The number of hydrogen-bond donors (Lipinski definition) is 3. The smallest absolute Gasteiger partial charge is 0.345 e. The highest BCUT2D eigenvalue weighted by Crippen LogP contribution is 2.08. The van der Waals surface area contributed by atoms with Crippen LogP contribution >= 0.6 is 0 Å². The third-order valence-corrected chi connectivity index (χ3v) is 3.50. The predicted molar refractivity (Wildman–Crippen MR) is 81.5 cm³/mol. The van der Waals surface area contributed by atoms with E-state index in [0.717, 1.165) is 12.8 Å². The maximum atomic E-state index is 12.3. The molecule has 2 rings (SSSR count). The van der Waals surface area contributed by atoms with Gasteiger partial charge in [0.05, 0.1) is 0 Å². The monoisotopic (exact) mass is 306 g/mol. The SMILES string of the molecule is CC(C)Cc1cc(C(=O)NC2CCCCNC2=O)nc(=O)[nH]1. The predicted octanol–water partition coefficient (Wildman–Crippen LogP) is 0.367. The molecule has 0 radical (unpaired) electrons. The van der Waals surface area contributed by atoms with E-state index in [2.05, 4.69) is 20.6 Å². The lowest BCUT2D eigenvalue weighted by Gasteiger charge is -2.15. The Morgan fingerprint density at radius 3 is 2.91 bits per heavy atom. The van der Waals surface area contributed by atoms with Gasteiger partial charge in [-0.15, -0.1) is 0 Å². The molecule has 2 heterocycles. The first-order valence-electron chi connectivity index (χ1n) is 7.64. The van der Waals surface area contributed by atoms with Crippen LogP contribution in [0, 0.1) is 5.92 Å². The summed E-state index contributed by atoms with van der Waals surface area (Å²) in [6.07, 6.45) is 3.02. The van der Waals surface area contributed by atoms with Crippen LogP contribution in [-0.4, -0.2) is 34.4 Å². The summed E-state index contributed by atoms with van der Waals surface area (Å²) in [5.74, 6) is -0.321. The van der Waals surface area contributed by atoms with Crippen molar-refractivity contribution in [3.8, 4) is 0 Å². The summed E-state index contributed by atoms with van der Waals surface area (Å²) in [5, 5.41) is 5.42. The Kier molecular flexibility index (Phi) is 5.30.